The Bertz CT molecular complexity index is 406. The third-order valence-corrected chi connectivity index (χ3v) is 2.88. The van der Waals surface area contributed by atoms with Crippen LogP contribution in [0.5, 0.6) is 0 Å². The maximum Gasteiger partial charge on any atom is 0.239 e. The van der Waals surface area contributed by atoms with Gasteiger partial charge in [-0.15, -0.1) is 0 Å². The predicted molar refractivity (Wildman–Crippen MR) is 79.2 cm³/mol. The monoisotopic (exact) mass is 361 g/mol. The Kier molecular flexibility index (Phi) is 6.84. The van der Waals surface area contributed by atoms with Crippen molar-refractivity contribution in [1.29, 1.82) is 0 Å². The van der Waals surface area contributed by atoms with Gasteiger partial charge in [-0.05, 0) is 53.1 Å². The number of hydrogen-bond acceptors (Lipinski definition) is 4. The average Bonchev–Trinajstić information content (AvgIpc) is 2.31. The normalized spacial score (nSPS) is 10.1. The summed E-state index contributed by atoms with van der Waals surface area (Å²) in [4.78, 5) is 22.0. The van der Waals surface area contributed by atoms with Crippen molar-refractivity contribution in [2.75, 3.05) is 11.9 Å². The quantitative estimate of drug-likeness (QED) is 0.297. The first-order chi connectivity index (χ1) is 8.61. The van der Waals surface area contributed by atoms with E-state index in [-0.39, 0.29) is 16.2 Å². The number of nitrogens with one attached hydrogen (secondary N) is 2. The molecule has 1 rings (SSSR count). The molecule has 0 saturated heterocycles. The third kappa shape index (κ3) is 6.08. The molecule has 4 N–H and O–H groups in total. The zero-order chi connectivity index (χ0) is 13.4. The molecule has 0 aliphatic carbocycles. The number of anilines is 1. The van der Waals surface area contributed by atoms with Crippen LogP contribution in [-0.2, 0) is 16.0 Å². The van der Waals surface area contributed by atoms with E-state index in [4.69, 9.17) is 5.84 Å². The van der Waals surface area contributed by atoms with E-state index in [1.807, 2.05) is 46.9 Å². The first-order valence-electron chi connectivity index (χ1n) is 5.62. The zero-order valence-electron chi connectivity index (χ0n) is 9.91. The molecule has 1 aromatic rings. The summed E-state index contributed by atoms with van der Waals surface area (Å²) in [5.41, 5.74) is 4.19. The number of nitrogens with two attached hydrogens (primary N) is 1. The topological polar surface area (TPSA) is 84.2 Å². The Morgan fingerprint density at radius 2 is 1.89 bits per heavy atom. The zero-order valence-corrected chi connectivity index (χ0v) is 12.1. The number of amides is 1. The van der Waals surface area contributed by atoms with Crippen molar-refractivity contribution < 1.29 is 9.59 Å². The van der Waals surface area contributed by atoms with Gasteiger partial charge >= 0.3 is 0 Å². The van der Waals surface area contributed by atoms with Crippen LogP contribution in [0.25, 0.3) is 0 Å². The predicted octanol–water partition coefficient (Wildman–Crippen LogP) is 1.37. The third-order valence-electron chi connectivity index (χ3n) is 2.34. The highest BCUT2D eigenvalue weighted by Gasteiger charge is 2.01. The van der Waals surface area contributed by atoms with E-state index in [0.717, 1.165) is 24.1 Å². The second kappa shape index (κ2) is 8.17. The molecule has 0 atom stereocenters. The molecule has 0 bridgehead atoms. The van der Waals surface area contributed by atoms with Crippen molar-refractivity contribution in [3.8, 4) is 0 Å². The van der Waals surface area contributed by atoms with Gasteiger partial charge in [0, 0.05) is 12.1 Å². The number of rotatable bonds is 7. The van der Waals surface area contributed by atoms with Crippen molar-refractivity contribution in [1.82, 2.24) is 5.43 Å². The summed E-state index contributed by atoms with van der Waals surface area (Å²) in [5.74, 6) is 4.87. The van der Waals surface area contributed by atoms with Crippen LogP contribution in [-0.4, -0.2) is 16.2 Å². The summed E-state index contributed by atoms with van der Waals surface area (Å²) in [6.07, 6.45) is 2.32. The SMILES string of the molecule is NNCC(=O)Nc1ccc(CCCC(=O)I)cc1. The van der Waals surface area contributed by atoms with Crippen molar-refractivity contribution in [3.63, 3.8) is 0 Å². The lowest BCUT2D eigenvalue weighted by atomic mass is 10.1. The second-order valence-corrected chi connectivity index (χ2v) is 5.04. The number of hydrazine groups is 1. The van der Waals surface area contributed by atoms with Crippen LogP contribution < -0.4 is 16.6 Å². The van der Waals surface area contributed by atoms with Crippen LogP contribution in [0.1, 0.15) is 18.4 Å². The molecule has 0 aliphatic heterocycles. The fraction of sp³-hybridized carbons (Fsp3) is 0.333. The Hall–Kier alpha value is -0.990. The first kappa shape index (κ1) is 15.1. The minimum atomic E-state index is -0.180. The molecular weight excluding hydrogens is 345 g/mol. The molecule has 0 fully saturated rings. The maximum absolute atomic E-state index is 11.3. The van der Waals surface area contributed by atoms with E-state index in [2.05, 4.69) is 10.7 Å². The highest BCUT2D eigenvalue weighted by Crippen LogP contribution is 2.12. The molecule has 0 spiro atoms. The van der Waals surface area contributed by atoms with Gasteiger partial charge in [0.05, 0.1) is 6.54 Å². The fourth-order valence-electron chi connectivity index (χ4n) is 1.48. The Balaban J connectivity index is 2.42. The van der Waals surface area contributed by atoms with E-state index < -0.39 is 0 Å². The molecule has 0 aromatic heterocycles. The lowest BCUT2D eigenvalue weighted by Crippen LogP contribution is -2.32. The van der Waals surface area contributed by atoms with Gasteiger partial charge in [-0.2, -0.15) is 0 Å². The van der Waals surface area contributed by atoms with Gasteiger partial charge in [-0.25, -0.2) is 0 Å². The van der Waals surface area contributed by atoms with Crippen molar-refractivity contribution in [2.24, 2.45) is 5.84 Å². The molecule has 98 valence electrons. The largest absolute Gasteiger partial charge is 0.325 e. The Morgan fingerprint density at radius 3 is 2.44 bits per heavy atom. The minimum absolute atomic E-state index is 0.0829. The van der Waals surface area contributed by atoms with Crippen LogP contribution in [0.15, 0.2) is 24.3 Å². The Labute approximate surface area is 120 Å². The van der Waals surface area contributed by atoms with Crippen LogP contribution >= 0.6 is 22.6 Å². The van der Waals surface area contributed by atoms with E-state index in [9.17, 15) is 9.59 Å². The molecule has 1 aromatic carbocycles. The molecule has 0 saturated carbocycles. The molecule has 6 heteroatoms. The van der Waals surface area contributed by atoms with E-state index in [1.54, 1.807) is 0 Å². The molecule has 0 aliphatic rings. The van der Waals surface area contributed by atoms with Crippen molar-refractivity contribution in [2.45, 2.75) is 19.3 Å². The van der Waals surface area contributed by atoms with Gasteiger partial charge in [0.15, 0.2) is 3.79 Å². The summed E-state index contributed by atoms with van der Waals surface area (Å²) in [6, 6.07) is 7.58. The highest BCUT2D eigenvalue weighted by atomic mass is 127. The minimum Gasteiger partial charge on any atom is -0.325 e. The molecule has 0 unspecified atom stereocenters. The lowest BCUT2D eigenvalue weighted by molar-refractivity contribution is -0.115. The van der Waals surface area contributed by atoms with Gasteiger partial charge in [-0.3, -0.25) is 20.9 Å². The summed E-state index contributed by atoms with van der Waals surface area (Å²) >= 11 is 1.81. The van der Waals surface area contributed by atoms with Crippen LogP contribution in [0.2, 0.25) is 0 Å². The van der Waals surface area contributed by atoms with E-state index in [1.165, 1.54) is 0 Å². The number of aryl methyl sites for hydroxylation is 1. The molecule has 5 nitrogen and oxygen atoms in total. The number of carbonyl (C=O) groups excluding carboxylic acids is 2. The lowest BCUT2D eigenvalue weighted by Gasteiger charge is -2.06. The highest BCUT2D eigenvalue weighted by molar-refractivity contribution is 14.1. The number of hydrogen-bond donors (Lipinski definition) is 3. The van der Waals surface area contributed by atoms with Crippen LogP contribution in [0.4, 0.5) is 5.69 Å². The fourth-order valence-corrected chi connectivity index (χ4v) is 1.87. The van der Waals surface area contributed by atoms with Gasteiger partial charge in [0.25, 0.3) is 0 Å². The first-order valence-corrected chi connectivity index (χ1v) is 6.70. The summed E-state index contributed by atoms with van der Waals surface area (Å²) < 4.78 is 0.186. The molecule has 18 heavy (non-hydrogen) atoms. The van der Waals surface area contributed by atoms with Crippen molar-refractivity contribution in [3.05, 3.63) is 29.8 Å². The summed E-state index contributed by atoms with van der Waals surface area (Å²) in [5, 5.41) is 2.71. The molecular formula is C12H16IN3O2. The van der Waals surface area contributed by atoms with Gasteiger partial charge < -0.3 is 5.32 Å². The second-order valence-electron chi connectivity index (χ2n) is 3.83. The van der Waals surface area contributed by atoms with Crippen LogP contribution in [0.3, 0.4) is 0 Å². The van der Waals surface area contributed by atoms with Gasteiger partial charge in [-0.1, -0.05) is 12.1 Å². The van der Waals surface area contributed by atoms with Crippen LogP contribution in [0, 0.1) is 0 Å². The van der Waals surface area contributed by atoms with E-state index in [0.29, 0.717) is 6.42 Å². The maximum atomic E-state index is 11.3. The number of halogens is 1. The molecule has 1 amide bonds. The summed E-state index contributed by atoms with van der Waals surface area (Å²) in [7, 11) is 0. The van der Waals surface area contributed by atoms with Crippen molar-refractivity contribution >= 4 is 38.0 Å². The number of benzene rings is 1. The Morgan fingerprint density at radius 1 is 1.22 bits per heavy atom. The van der Waals surface area contributed by atoms with Gasteiger partial charge in [0.2, 0.25) is 5.91 Å². The standard InChI is InChI=1S/C12H16IN3O2/c13-11(17)3-1-2-9-4-6-10(7-5-9)16-12(18)8-15-14/h4-7,15H,1-3,8,14H2,(H,16,18). The van der Waals surface area contributed by atoms with E-state index >= 15 is 0 Å². The smallest absolute Gasteiger partial charge is 0.239 e. The summed E-state index contributed by atoms with van der Waals surface area (Å²) in [6.45, 7) is 0.0829. The molecule has 0 heterocycles. The average molecular weight is 361 g/mol. The molecule has 0 radical (unpaired) electrons. The number of carbonyl (C=O) groups is 2. The van der Waals surface area contributed by atoms with Gasteiger partial charge in [0.1, 0.15) is 0 Å².